The zero-order valence-corrected chi connectivity index (χ0v) is 13.9. The minimum absolute atomic E-state index is 0.224. The molecule has 2 aliphatic heterocycles. The highest BCUT2D eigenvalue weighted by molar-refractivity contribution is 5.14. The molecule has 2 aromatic rings. The first-order valence-electron chi connectivity index (χ1n) is 8.57. The summed E-state index contributed by atoms with van der Waals surface area (Å²) in [5, 5.41) is 10.5. The average molecular weight is 342 g/mol. The van der Waals surface area contributed by atoms with Gasteiger partial charge in [0, 0.05) is 0 Å². The fourth-order valence-corrected chi connectivity index (χ4v) is 3.28. The topological polar surface area (TPSA) is 57.2 Å². The van der Waals surface area contributed by atoms with Gasteiger partial charge < -0.3 is 24.1 Å². The predicted molar refractivity (Wildman–Crippen MR) is 90.7 cm³/mol. The van der Waals surface area contributed by atoms with Crippen molar-refractivity contribution in [2.75, 3.05) is 6.61 Å². The van der Waals surface area contributed by atoms with Gasteiger partial charge in [-0.15, -0.1) is 0 Å². The molecule has 5 atom stereocenters. The highest BCUT2D eigenvalue weighted by Crippen LogP contribution is 2.32. The van der Waals surface area contributed by atoms with Gasteiger partial charge in [-0.25, -0.2) is 0 Å². The second-order valence-corrected chi connectivity index (χ2v) is 6.39. The molecule has 4 rings (SSSR count). The highest BCUT2D eigenvalue weighted by atomic mass is 16.7. The van der Waals surface area contributed by atoms with Crippen LogP contribution in [0, 0.1) is 0 Å². The molecule has 2 heterocycles. The Morgan fingerprint density at radius 1 is 0.840 bits per heavy atom. The summed E-state index contributed by atoms with van der Waals surface area (Å²) in [6.07, 6.45) is -2.60. The minimum Gasteiger partial charge on any atom is -0.385 e. The van der Waals surface area contributed by atoms with Crippen molar-refractivity contribution < 1.29 is 24.1 Å². The quantitative estimate of drug-likeness (QED) is 0.873. The van der Waals surface area contributed by atoms with Crippen molar-refractivity contribution in [1.29, 1.82) is 0 Å². The number of fused-ring (bicyclic) bond motifs is 2. The predicted octanol–water partition coefficient (Wildman–Crippen LogP) is 2.27. The summed E-state index contributed by atoms with van der Waals surface area (Å²) >= 11 is 0. The van der Waals surface area contributed by atoms with E-state index in [0.29, 0.717) is 19.8 Å². The number of aliphatic hydroxyl groups is 1. The smallest absolute Gasteiger partial charge is 0.186 e. The van der Waals surface area contributed by atoms with Crippen molar-refractivity contribution in [2.45, 2.75) is 43.9 Å². The summed E-state index contributed by atoms with van der Waals surface area (Å²) in [6.45, 7) is 1.26. The van der Waals surface area contributed by atoms with Gasteiger partial charge in [-0.2, -0.15) is 0 Å². The number of hydrogen-bond acceptors (Lipinski definition) is 5. The number of hydrogen-bond donors (Lipinski definition) is 1. The molecule has 0 aromatic heterocycles. The Morgan fingerprint density at radius 2 is 1.40 bits per heavy atom. The van der Waals surface area contributed by atoms with Gasteiger partial charge in [0.05, 0.1) is 19.8 Å². The molecule has 0 spiro atoms. The van der Waals surface area contributed by atoms with Gasteiger partial charge in [0.1, 0.15) is 24.4 Å². The lowest BCUT2D eigenvalue weighted by molar-refractivity contribution is -0.254. The van der Waals surface area contributed by atoms with Crippen molar-refractivity contribution in [3.8, 4) is 0 Å². The van der Waals surface area contributed by atoms with Gasteiger partial charge in [0.25, 0.3) is 0 Å². The molecule has 1 N–H and O–H groups in total. The van der Waals surface area contributed by atoms with Gasteiger partial charge in [-0.05, 0) is 11.1 Å². The van der Waals surface area contributed by atoms with Crippen molar-refractivity contribution in [1.82, 2.24) is 0 Å². The Balaban J connectivity index is 1.45. The monoisotopic (exact) mass is 342 g/mol. The SMILES string of the molecule is OC1C2OCC(O2)C(OCc2ccccc2)C1OCc1ccccc1. The van der Waals surface area contributed by atoms with Crippen LogP contribution in [0.2, 0.25) is 0 Å². The van der Waals surface area contributed by atoms with Crippen LogP contribution in [-0.4, -0.2) is 42.4 Å². The Hall–Kier alpha value is -1.76. The lowest BCUT2D eigenvalue weighted by Crippen LogP contribution is -2.55. The average Bonchev–Trinajstić information content (AvgIpc) is 3.11. The van der Waals surface area contributed by atoms with Crippen molar-refractivity contribution in [3.05, 3.63) is 71.8 Å². The van der Waals surface area contributed by atoms with Gasteiger partial charge in [-0.3, -0.25) is 0 Å². The largest absolute Gasteiger partial charge is 0.385 e. The van der Waals surface area contributed by atoms with Crippen molar-refractivity contribution in [3.63, 3.8) is 0 Å². The Morgan fingerprint density at radius 3 is 2.00 bits per heavy atom. The number of benzene rings is 2. The summed E-state index contributed by atoms with van der Waals surface area (Å²) < 4.78 is 23.3. The molecule has 2 aromatic carbocycles. The number of aliphatic hydroxyl groups excluding tert-OH is 1. The minimum atomic E-state index is -0.872. The molecular formula is C20H22O5. The van der Waals surface area contributed by atoms with E-state index in [2.05, 4.69) is 0 Å². The molecule has 0 aliphatic carbocycles. The maximum Gasteiger partial charge on any atom is 0.186 e. The lowest BCUT2D eigenvalue weighted by atomic mass is 10.0. The Labute approximate surface area is 147 Å². The molecule has 0 amide bonds. The van der Waals surface area contributed by atoms with Crippen LogP contribution in [0.5, 0.6) is 0 Å². The first kappa shape index (κ1) is 16.7. The summed E-state index contributed by atoms with van der Waals surface area (Å²) in [5.41, 5.74) is 2.12. The first-order valence-corrected chi connectivity index (χ1v) is 8.57. The highest BCUT2D eigenvalue weighted by Gasteiger charge is 2.51. The van der Waals surface area contributed by atoms with Crippen LogP contribution in [-0.2, 0) is 32.2 Å². The summed E-state index contributed by atoms with van der Waals surface area (Å²) in [4.78, 5) is 0. The molecule has 25 heavy (non-hydrogen) atoms. The first-order chi connectivity index (χ1) is 12.3. The molecule has 0 radical (unpaired) electrons. The van der Waals surface area contributed by atoms with Crippen LogP contribution >= 0.6 is 0 Å². The van der Waals surface area contributed by atoms with E-state index in [1.165, 1.54) is 0 Å². The van der Waals surface area contributed by atoms with E-state index in [0.717, 1.165) is 11.1 Å². The standard InChI is InChI=1S/C20H22O5/c21-17-19(23-12-15-9-5-2-6-10-15)18(16-13-24-20(17)25-16)22-11-14-7-3-1-4-8-14/h1-10,16-21H,11-13H2. The van der Waals surface area contributed by atoms with Crippen LogP contribution in [0.3, 0.4) is 0 Å². The third-order valence-corrected chi connectivity index (χ3v) is 4.61. The molecule has 132 valence electrons. The molecule has 2 aliphatic rings. The molecule has 5 heteroatoms. The van der Waals surface area contributed by atoms with Crippen LogP contribution in [0.4, 0.5) is 0 Å². The lowest BCUT2D eigenvalue weighted by Gasteiger charge is -2.38. The van der Waals surface area contributed by atoms with Gasteiger partial charge in [-0.1, -0.05) is 60.7 Å². The van der Waals surface area contributed by atoms with Crippen LogP contribution in [0.15, 0.2) is 60.7 Å². The van der Waals surface area contributed by atoms with E-state index in [-0.39, 0.29) is 12.2 Å². The fourth-order valence-electron chi connectivity index (χ4n) is 3.28. The van der Waals surface area contributed by atoms with E-state index in [1.54, 1.807) is 0 Å². The number of ether oxygens (including phenoxy) is 4. The summed E-state index contributed by atoms with van der Waals surface area (Å²) in [5.74, 6) is 0. The normalized spacial score (nSPS) is 31.2. The third kappa shape index (κ3) is 3.76. The van der Waals surface area contributed by atoms with Crippen molar-refractivity contribution in [2.24, 2.45) is 0 Å². The van der Waals surface area contributed by atoms with Gasteiger partial charge in [0.15, 0.2) is 6.29 Å². The molecule has 2 fully saturated rings. The summed E-state index contributed by atoms with van der Waals surface area (Å²) in [7, 11) is 0. The third-order valence-electron chi connectivity index (χ3n) is 4.61. The van der Waals surface area contributed by atoms with E-state index in [9.17, 15) is 5.11 Å². The van der Waals surface area contributed by atoms with E-state index in [1.807, 2.05) is 60.7 Å². The molecule has 2 saturated heterocycles. The van der Waals surface area contributed by atoms with E-state index >= 15 is 0 Å². The zero-order chi connectivity index (χ0) is 17.1. The van der Waals surface area contributed by atoms with E-state index in [4.69, 9.17) is 18.9 Å². The second kappa shape index (κ2) is 7.64. The van der Waals surface area contributed by atoms with Gasteiger partial charge in [0.2, 0.25) is 0 Å². The van der Waals surface area contributed by atoms with Gasteiger partial charge >= 0.3 is 0 Å². The molecule has 2 bridgehead atoms. The molecule has 5 unspecified atom stereocenters. The Bertz CT molecular complexity index is 619. The Kier molecular flexibility index (Phi) is 5.10. The molecule has 0 saturated carbocycles. The van der Waals surface area contributed by atoms with E-state index < -0.39 is 18.5 Å². The van der Waals surface area contributed by atoms with Crippen molar-refractivity contribution >= 4 is 0 Å². The maximum absolute atomic E-state index is 10.5. The molecule has 5 nitrogen and oxygen atoms in total. The van der Waals surface area contributed by atoms with Crippen LogP contribution in [0.25, 0.3) is 0 Å². The fraction of sp³-hybridized carbons (Fsp3) is 0.400. The van der Waals surface area contributed by atoms with Crippen LogP contribution in [0.1, 0.15) is 11.1 Å². The van der Waals surface area contributed by atoms with Crippen LogP contribution < -0.4 is 0 Å². The summed E-state index contributed by atoms with van der Waals surface area (Å²) in [6, 6.07) is 19.8. The number of rotatable bonds is 6. The maximum atomic E-state index is 10.5. The second-order valence-electron chi connectivity index (χ2n) is 6.39. The molecular weight excluding hydrogens is 320 g/mol. The zero-order valence-electron chi connectivity index (χ0n) is 13.9.